The minimum atomic E-state index is 0.108. The highest BCUT2D eigenvalue weighted by atomic mass is 79.9. The molecule has 0 fully saturated rings. The Bertz CT molecular complexity index is 466. The molecule has 2 rings (SSSR count). The highest BCUT2D eigenvalue weighted by Crippen LogP contribution is 2.28. The van der Waals surface area contributed by atoms with Gasteiger partial charge in [-0.25, -0.2) is 0 Å². The minimum absolute atomic E-state index is 0.108. The Morgan fingerprint density at radius 3 is 2.47 bits per heavy atom. The lowest BCUT2D eigenvalue weighted by Crippen LogP contribution is -2.20. The van der Waals surface area contributed by atoms with Gasteiger partial charge in [0.25, 0.3) is 0 Å². The maximum absolute atomic E-state index is 6.29. The number of hydrogen-bond acceptors (Lipinski definition) is 2. The summed E-state index contributed by atoms with van der Waals surface area (Å²) in [4.78, 5) is 1.38. The van der Waals surface area contributed by atoms with E-state index in [0.29, 0.717) is 5.92 Å². The van der Waals surface area contributed by atoms with Crippen LogP contribution in [-0.2, 0) is 6.42 Å². The summed E-state index contributed by atoms with van der Waals surface area (Å²) in [5, 5.41) is 0. The van der Waals surface area contributed by atoms with Crippen molar-refractivity contribution < 1.29 is 0 Å². The van der Waals surface area contributed by atoms with E-state index < -0.39 is 0 Å². The fraction of sp³-hybridized carbons (Fsp3) is 0.286. The van der Waals surface area contributed by atoms with E-state index in [0.717, 1.165) is 6.42 Å². The Morgan fingerprint density at radius 2 is 1.88 bits per heavy atom. The van der Waals surface area contributed by atoms with Crippen molar-refractivity contribution in [2.75, 3.05) is 0 Å². The SMILES string of the molecule is CC(Cc1ccc(Br)s1)C(N)c1ccccc1. The van der Waals surface area contributed by atoms with Crippen LogP contribution >= 0.6 is 27.3 Å². The van der Waals surface area contributed by atoms with Crippen LogP contribution in [0.2, 0.25) is 0 Å². The standard InChI is InChI=1S/C14H16BrNS/c1-10(9-12-7-8-13(15)17-12)14(16)11-5-3-2-4-6-11/h2-8,10,14H,9,16H2,1H3. The van der Waals surface area contributed by atoms with Gasteiger partial charge in [0, 0.05) is 10.9 Å². The summed E-state index contributed by atoms with van der Waals surface area (Å²) in [5.41, 5.74) is 7.50. The molecule has 2 unspecified atom stereocenters. The van der Waals surface area contributed by atoms with Gasteiger partial charge in [0.1, 0.15) is 0 Å². The Kier molecular flexibility index (Phi) is 4.37. The molecule has 0 spiro atoms. The number of thiophene rings is 1. The van der Waals surface area contributed by atoms with Crippen molar-refractivity contribution >= 4 is 27.3 Å². The van der Waals surface area contributed by atoms with Gasteiger partial charge in [-0.2, -0.15) is 0 Å². The van der Waals surface area contributed by atoms with Crippen LogP contribution in [0.4, 0.5) is 0 Å². The molecule has 0 amide bonds. The lowest BCUT2D eigenvalue weighted by molar-refractivity contribution is 0.471. The van der Waals surface area contributed by atoms with Crippen LogP contribution in [0.5, 0.6) is 0 Å². The van der Waals surface area contributed by atoms with Gasteiger partial charge in [0.05, 0.1) is 3.79 Å². The molecule has 1 nitrogen and oxygen atoms in total. The first-order chi connectivity index (χ1) is 8.16. The Labute approximate surface area is 115 Å². The van der Waals surface area contributed by atoms with Gasteiger partial charge in [-0.3, -0.25) is 0 Å². The number of nitrogens with two attached hydrogens (primary N) is 1. The lowest BCUT2D eigenvalue weighted by atomic mass is 9.92. The van der Waals surface area contributed by atoms with Gasteiger partial charge in [-0.05, 0) is 46.0 Å². The zero-order valence-corrected chi connectivity index (χ0v) is 12.2. The van der Waals surface area contributed by atoms with Gasteiger partial charge in [-0.15, -0.1) is 11.3 Å². The van der Waals surface area contributed by atoms with E-state index in [1.54, 1.807) is 11.3 Å². The largest absolute Gasteiger partial charge is 0.324 e. The Morgan fingerprint density at radius 1 is 1.18 bits per heavy atom. The molecule has 0 saturated heterocycles. The highest BCUT2D eigenvalue weighted by molar-refractivity contribution is 9.11. The van der Waals surface area contributed by atoms with E-state index in [-0.39, 0.29) is 6.04 Å². The molecule has 3 heteroatoms. The zero-order valence-electron chi connectivity index (χ0n) is 9.77. The fourth-order valence-electron chi connectivity index (χ4n) is 1.91. The Balaban J connectivity index is 2.03. The highest BCUT2D eigenvalue weighted by Gasteiger charge is 2.15. The second kappa shape index (κ2) is 5.80. The molecular weight excluding hydrogens is 294 g/mol. The smallest absolute Gasteiger partial charge is 0.0701 e. The van der Waals surface area contributed by atoms with E-state index in [2.05, 4.69) is 47.1 Å². The summed E-state index contributed by atoms with van der Waals surface area (Å²) < 4.78 is 1.19. The first-order valence-electron chi connectivity index (χ1n) is 5.71. The summed E-state index contributed by atoms with van der Waals surface area (Å²) in [5.74, 6) is 0.447. The van der Waals surface area contributed by atoms with Crippen molar-refractivity contribution in [1.82, 2.24) is 0 Å². The lowest BCUT2D eigenvalue weighted by Gasteiger charge is -2.19. The van der Waals surface area contributed by atoms with Gasteiger partial charge < -0.3 is 5.73 Å². The van der Waals surface area contributed by atoms with Crippen molar-refractivity contribution in [2.24, 2.45) is 11.7 Å². The van der Waals surface area contributed by atoms with Crippen molar-refractivity contribution in [3.8, 4) is 0 Å². The van der Waals surface area contributed by atoms with Gasteiger partial charge in [0.15, 0.2) is 0 Å². The molecule has 0 bridgehead atoms. The van der Waals surface area contributed by atoms with E-state index in [9.17, 15) is 0 Å². The van der Waals surface area contributed by atoms with Crippen molar-refractivity contribution in [3.05, 3.63) is 56.7 Å². The fourth-order valence-corrected chi connectivity index (χ4v) is 3.53. The minimum Gasteiger partial charge on any atom is -0.324 e. The molecular formula is C14H16BrNS. The van der Waals surface area contributed by atoms with E-state index in [1.807, 2.05) is 18.2 Å². The molecule has 1 heterocycles. The monoisotopic (exact) mass is 309 g/mol. The summed E-state index contributed by atoms with van der Waals surface area (Å²) in [6.07, 6.45) is 1.03. The normalized spacial score (nSPS) is 14.5. The van der Waals surface area contributed by atoms with Crippen LogP contribution in [0, 0.1) is 5.92 Å². The molecule has 1 aromatic carbocycles. The number of hydrogen-bond donors (Lipinski definition) is 1. The molecule has 90 valence electrons. The number of rotatable bonds is 4. The third-order valence-corrected chi connectivity index (χ3v) is 4.60. The van der Waals surface area contributed by atoms with Crippen molar-refractivity contribution in [3.63, 3.8) is 0 Å². The predicted octanol–water partition coefficient (Wildman–Crippen LogP) is 4.39. The van der Waals surface area contributed by atoms with Crippen LogP contribution in [0.15, 0.2) is 46.3 Å². The van der Waals surface area contributed by atoms with Crippen LogP contribution in [0.3, 0.4) is 0 Å². The second-order valence-electron chi connectivity index (χ2n) is 4.32. The third-order valence-electron chi connectivity index (χ3n) is 2.95. The predicted molar refractivity (Wildman–Crippen MR) is 78.3 cm³/mol. The van der Waals surface area contributed by atoms with Crippen molar-refractivity contribution in [1.29, 1.82) is 0 Å². The van der Waals surface area contributed by atoms with Crippen LogP contribution in [0.1, 0.15) is 23.4 Å². The third kappa shape index (κ3) is 3.41. The summed E-state index contributed by atoms with van der Waals surface area (Å²) in [7, 11) is 0. The molecule has 0 aliphatic rings. The molecule has 2 aromatic rings. The summed E-state index contributed by atoms with van der Waals surface area (Å²) >= 11 is 5.28. The first-order valence-corrected chi connectivity index (χ1v) is 7.32. The summed E-state index contributed by atoms with van der Waals surface area (Å²) in [6, 6.07) is 14.7. The first kappa shape index (κ1) is 12.8. The van der Waals surface area contributed by atoms with Crippen LogP contribution in [0.25, 0.3) is 0 Å². The second-order valence-corrected chi connectivity index (χ2v) is 6.87. The van der Waals surface area contributed by atoms with Crippen LogP contribution < -0.4 is 5.73 Å². The van der Waals surface area contributed by atoms with Gasteiger partial charge in [-0.1, -0.05) is 37.3 Å². The average molecular weight is 310 g/mol. The zero-order chi connectivity index (χ0) is 12.3. The van der Waals surface area contributed by atoms with Crippen molar-refractivity contribution in [2.45, 2.75) is 19.4 Å². The Hall–Kier alpha value is -0.640. The molecule has 2 atom stereocenters. The maximum Gasteiger partial charge on any atom is 0.0701 e. The number of halogens is 1. The van der Waals surface area contributed by atoms with E-state index >= 15 is 0 Å². The average Bonchev–Trinajstić information content (AvgIpc) is 2.75. The molecule has 2 N–H and O–H groups in total. The molecule has 0 aliphatic heterocycles. The maximum atomic E-state index is 6.29. The summed E-state index contributed by atoms with van der Waals surface area (Å²) in [6.45, 7) is 2.21. The number of benzene rings is 1. The van der Waals surface area contributed by atoms with Gasteiger partial charge >= 0.3 is 0 Å². The van der Waals surface area contributed by atoms with Gasteiger partial charge in [0.2, 0.25) is 0 Å². The quantitative estimate of drug-likeness (QED) is 0.890. The molecule has 0 aliphatic carbocycles. The van der Waals surface area contributed by atoms with E-state index in [4.69, 9.17) is 5.73 Å². The van der Waals surface area contributed by atoms with E-state index in [1.165, 1.54) is 14.2 Å². The molecule has 0 saturated carbocycles. The molecule has 17 heavy (non-hydrogen) atoms. The van der Waals surface area contributed by atoms with Crippen LogP contribution in [-0.4, -0.2) is 0 Å². The molecule has 1 aromatic heterocycles. The topological polar surface area (TPSA) is 26.0 Å². The molecule has 0 radical (unpaired) electrons.